The summed E-state index contributed by atoms with van der Waals surface area (Å²) in [6, 6.07) is 0. The molecule has 0 fully saturated rings. The molecule has 0 aromatic carbocycles. The van der Waals surface area contributed by atoms with E-state index in [-0.39, 0.29) is 29.6 Å². The average molecular weight is 263 g/mol. The van der Waals surface area contributed by atoms with Gasteiger partial charge in [0, 0.05) is 31.8 Å². The summed E-state index contributed by atoms with van der Waals surface area (Å²) in [4.78, 5) is 25.1. The fraction of sp³-hybridized carbons (Fsp3) is 0.462. The van der Waals surface area contributed by atoms with Crippen LogP contribution in [-0.2, 0) is 24.8 Å². The van der Waals surface area contributed by atoms with Gasteiger partial charge < -0.3 is 15.4 Å². The van der Waals surface area contributed by atoms with Crippen LogP contribution in [0.2, 0.25) is 0 Å². The second-order valence-electron chi connectivity index (χ2n) is 4.84. The van der Waals surface area contributed by atoms with Crippen molar-refractivity contribution in [2.45, 2.75) is 26.8 Å². The van der Waals surface area contributed by atoms with Gasteiger partial charge in [0.25, 0.3) is 5.56 Å². The van der Waals surface area contributed by atoms with Crippen LogP contribution in [0.5, 0.6) is 5.88 Å². The smallest absolute Gasteiger partial charge is 0.262 e. The molecule has 0 unspecified atom stereocenters. The number of nitrogens with one attached hydrogen (secondary N) is 1. The van der Waals surface area contributed by atoms with Gasteiger partial charge in [0.1, 0.15) is 0 Å². The molecule has 0 bridgehead atoms. The number of pyridine rings is 1. The van der Waals surface area contributed by atoms with Crippen molar-refractivity contribution < 1.29 is 9.90 Å². The molecule has 1 aliphatic rings. The zero-order valence-corrected chi connectivity index (χ0v) is 11.3. The number of carbonyl (C=O) groups excluding carboxylic acids is 1. The number of hydrogen-bond acceptors (Lipinski definition) is 4. The lowest BCUT2D eigenvalue weighted by Crippen LogP contribution is -2.38. The minimum atomic E-state index is -0.361. The Kier molecular flexibility index (Phi) is 3.18. The minimum Gasteiger partial charge on any atom is -0.494 e. The molecule has 1 aromatic heterocycles. The van der Waals surface area contributed by atoms with E-state index in [4.69, 9.17) is 5.41 Å². The molecule has 19 heavy (non-hydrogen) atoms. The Morgan fingerprint density at radius 1 is 1.32 bits per heavy atom. The molecule has 2 heterocycles. The maximum atomic E-state index is 12.1. The van der Waals surface area contributed by atoms with Gasteiger partial charge in [-0.1, -0.05) is 0 Å². The van der Waals surface area contributed by atoms with E-state index >= 15 is 0 Å². The van der Waals surface area contributed by atoms with Crippen LogP contribution in [-0.4, -0.2) is 32.7 Å². The van der Waals surface area contributed by atoms with Gasteiger partial charge in [-0.05, 0) is 18.9 Å². The van der Waals surface area contributed by atoms with Crippen molar-refractivity contribution in [3.8, 4) is 5.88 Å². The summed E-state index contributed by atoms with van der Waals surface area (Å²) in [6.45, 7) is 3.83. The summed E-state index contributed by atoms with van der Waals surface area (Å²) in [5, 5.41) is 17.8. The van der Waals surface area contributed by atoms with Crippen molar-refractivity contribution in [1.29, 1.82) is 5.41 Å². The predicted molar refractivity (Wildman–Crippen MR) is 70.6 cm³/mol. The van der Waals surface area contributed by atoms with E-state index in [2.05, 4.69) is 0 Å². The predicted octanol–water partition coefficient (Wildman–Crippen LogP) is 0.383. The number of fused-ring (bicyclic) bond motifs is 1. The highest BCUT2D eigenvalue weighted by Gasteiger charge is 2.27. The van der Waals surface area contributed by atoms with Crippen LogP contribution < -0.4 is 5.56 Å². The lowest BCUT2D eigenvalue weighted by molar-refractivity contribution is -0.129. The summed E-state index contributed by atoms with van der Waals surface area (Å²) in [5.74, 6) is -0.178. The topological polar surface area (TPSA) is 86.4 Å². The second-order valence-corrected chi connectivity index (χ2v) is 4.84. The highest BCUT2D eigenvalue weighted by molar-refractivity contribution is 5.98. The molecule has 1 aliphatic heterocycles. The second kappa shape index (κ2) is 4.53. The Morgan fingerprint density at radius 3 is 2.47 bits per heavy atom. The Morgan fingerprint density at radius 2 is 1.95 bits per heavy atom. The third kappa shape index (κ3) is 2.03. The Labute approximate surface area is 110 Å². The van der Waals surface area contributed by atoms with Crippen molar-refractivity contribution in [2.24, 2.45) is 7.05 Å². The number of aromatic nitrogens is 1. The molecule has 0 saturated heterocycles. The van der Waals surface area contributed by atoms with E-state index in [1.165, 1.54) is 14.0 Å². The highest BCUT2D eigenvalue weighted by Crippen LogP contribution is 2.27. The number of amides is 1. The molecule has 0 spiro atoms. The normalized spacial score (nSPS) is 14.2. The van der Waals surface area contributed by atoms with E-state index in [0.29, 0.717) is 29.7 Å². The van der Waals surface area contributed by atoms with Gasteiger partial charge in [-0.3, -0.25) is 14.2 Å². The first-order valence-electron chi connectivity index (χ1n) is 6.09. The first kappa shape index (κ1) is 13.3. The van der Waals surface area contributed by atoms with Crippen LogP contribution in [0.25, 0.3) is 0 Å². The Hall–Kier alpha value is -2.11. The van der Waals surface area contributed by atoms with Gasteiger partial charge in [-0.15, -0.1) is 0 Å². The molecule has 0 radical (unpaired) electrons. The van der Waals surface area contributed by atoms with Gasteiger partial charge >= 0.3 is 0 Å². The maximum absolute atomic E-state index is 12.1. The van der Waals surface area contributed by atoms with Crippen LogP contribution in [0.4, 0.5) is 0 Å². The van der Waals surface area contributed by atoms with Crippen molar-refractivity contribution >= 4 is 11.6 Å². The third-order valence-electron chi connectivity index (χ3n) is 3.57. The molecule has 6 heteroatoms. The molecule has 1 aromatic rings. The van der Waals surface area contributed by atoms with Crippen molar-refractivity contribution in [1.82, 2.24) is 9.47 Å². The number of hydrogen-bond donors (Lipinski definition) is 2. The van der Waals surface area contributed by atoms with Crippen molar-refractivity contribution in [3.63, 3.8) is 0 Å². The van der Waals surface area contributed by atoms with E-state index in [0.717, 1.165) is 4.57 Å². The molecule has 0 atom stereocenters. The molecule has 2 rings (SSSR count). The largest absolute Gasteiger partial charge is 0.494 e. The zero-order chi connectivity index (χ0) is 14.3. The fourth-order valence-electron chi connectivity index (χ4n) is 2.50. The van der Waals surface area contributed by atoms with Crippen LogP contribution in [0.1, 0.15) is 30.5 Å². The van der Waals surface area contributed by atoms with Crippen LogP contribution >= 0.6 is 0 Å². The number of carbonyl (C=O) groups is 1. The fourth-order valence-corrected chi connectivity index (χ4v) is 2.50. The summed E-state index contributed by atoms with van der Waals surface area (Å²) in [7, 11) is 1.47. The standard InChI is InChI=1S/C13H17N3O3/c1-7(14)11-9-4-5-16(8(2)17)6-10(9)12(18)15(3)13(11)19/h14,18H,4-6H2,1-3H3. The van der Waals surface area contributed by atoms with E-state index < -0.39 is 0 Å². The quantitative estimate of drug-likeness (QED) is 0.718. The van der Waals surface area contributed by atoms with Gasteiger partial charge in [-0.25, -0.2) is 0 Å². The molecular weight excluding hydrogens is 246 g/mol. The molecular formula is C13H17N3O3. The molecule has 0 aliphatic carbocycles. The third-order valence-corrected chi connectivity index (χ3v) is 3.57. The average Bonchev–Trinajstić information content (AvgIpc) is 2.35. The number of aromatic hydroxyl groups is 1. The van der Waals surface area contributed by atoms with E-state index in [9.17, 15) is 14.7 Å². The molecule has 2 N–H and O–H groups in total. The Balaban J connectivity index is 2.69. The van der Waals surface area contributed by atoms with E-state index in [1.807, 2.05) is 0 Å². The van der Waals surface area contributed by atoms with Gasteiger partial charge in [0.2, 0.25) is 5.91 Å². The Bertz CT molecular complexity index is 631. The van der Waals surface area contributed by atoms with Crippen molar-refractivity contribution in [3.05, 3.63) is 27.0 Å². The molecule has 1 amide bonds. The highest BCUT2D eigenvalue weighted by atomic mass is 16.3. The number of nitrogens with zero attached hydrogens (tertiary/aromatic N) is 2. The lowest BCUT2D eigenvalue weighted by atomic mass is 9.94. The SMILES string of the molecule is CC(=N)c1c2c(c(O)n(C)c1=O)CN(C(C)=O)CC2. The molecule has 0 saturated carbocycles. The molecule has 6 nitrogen and oxygen atoms in total. The zero-order valence-electron chi connectivity index (χ0n) is 11.3. The van der Waals surface area contributed by atoms with Gasteiger partial charge in [0.15, 0.2) is 5.88 Å². The van der Waals surface area contributed by atoms with Crippen molar-refractivity contribution in [2.75, 3.05) is 6.54 Å². The first-order valence-corrected chi connectivity index (χ1v) is 6.09. The van der Waals surface area contributed by atoms with E-state index in [1.54, 1.807) is 11.8 Å². The number of rotatable bonds is 1. The van der Waals surface area contributed by atoms with Gasteiger partial charge in [0.05, 0.1) is 12.1 Å². The summed E-state index contributed by atoms with van der Waals surface area (Å²) >= 11 is 0. The first-order chi connectivity index (χ1) is 8.84. The lowest BCUT2D eigenvalue weighted by Gasteiger charge is -2.30. The van der Waals surface area contributed by atoms with Crippen LogP contribution in [0.15, 0.2) is 4.79 Å². The monoisotopic (exact) mass is 263 g/mol. The van der Waals surface area contributed by atoms with Crippen LogP contribution in [0, 0.1) is 5.41 Å². The summed E-state index contributed by atoms with van der Waals surface area (Å²) in [5.41, 5.74) is 1.45. The summed E-state index contributed by atoms with van der Waals surface area (Å²) in [6.07, 6.45) is 0.490. The van der Waals surface area contributed by atoms with Gasteiger partial charge in [-0.2, -0.15) is 0 Å². The van der Waals surface area contributed by atoms with Crippen LogP contribution in [0.3, 0.4) is 0 Å². The molecule has 102 valence electrons. The summed E-state index contributed by atoms with van der Waals surface area (Å²) < 4.78 is 1.13. The minimum absolute atomic E-state index is 0.0629. The maximum Gasteiger partial charge on any atom is 0.262 e.